The maximum atomic E-state index is 13.1. The molecule has 0 unspecified atom stereocenters. The number of nitrogens with zero attached hydrogens (tertiary/aromatic N) is 4. The van der Waals surface area contributed by atoms with Gasteiger partial charge >= 0.3 is 6.18 Å². The molecule has 1 aliphatic heterocycles. The van der Waals surface area contributed by atoms with Gasteiger partial charge in [-0.25, -0.2) is 14.4 Å². The average molecular weight is 395 g/mol. The molecule has 1 fully saturated rings. The zero-order valence-corrected chi connectivity index (χ0v) is 14.7. The maximum Gasteiger partial charge on any atom is 0.433 e. The van der Waals surface area contributed by atoms with Gasteiger partial charge in [0.1, 0.15) is 5.69 Å². The molecule has 3 heterocycles. The van der Waals surface area contributed by atoms with E-state index in [2.05, 4.69) is 15.3 Å². The van der Waals surface area contributed by atoms with Crippen LogP contribution in [0, 0.1) is 0 Å². The molecule has 0 saturated carbocycles. The van der Waals surface area contributed by atoms with Crippen LogP contribution in [-0.2, 0) is 11.0 Å². The second-order valence-electron chi connectivity index (χ2n) is 6.08. The van der Waals surface area contributed by atoms with Gasteiger partial charge in [0.2, 0.25) is 0 Å². The minimum atomic E-state index is -4.49. The van der Waals surface area contributed by atoms with Crippen molar-refractivity contribution in [1.82, 2.24) is 14.9 Å². The van der Waals surface area contributed by atoms with E-state index in [4.69, 9.17) is 0 Å². The highest BCUT2D eigenvalue weighted by atomic mass is 19.4. The summed E-state index contributed by atoms with van der Waals surface area (Å²) in [5.74, 6) is -0.348. The van der Waals surface area contributed by atoms with Gasteiger partial charge in [-0.2, -0.15) is 13.2 Å². The Morgan fingerprint density at radius 3 is 2.46 bits per heavy atom. The summed E-state index contributed by atoms with van der Waals surface area (Å²) >= 11 is 0. The monoisotopic (exact) mass is 395 g/mol. The van der Waals surface area contributed by atoms with E-state index >= 15 is 0 Å². The number of pyridine rings is 2. The van der Waals surface area contributed by atoms with Gasteiger partial charge in [0.15, 0.2) is 17.9 Å². The van der Waals surface area contributed by atoms with Gasteiger partial charge in [-0.1, -0.05) is 0 Å². The number of rotatable bonds is 5. The first-order valence-corrected chi connectivity index (χ1v) is 8.43. The quantitative estimate of drug-likeness (QED) is 0.476. The Morgan fingerprint density at radius 1 is 1.11 bits per heavy atom. The summed E-state index contributed by atoms with van der Waals surface area (Å²) in [6.45, 7) is 2.15. The van der Waals surface area contributed by atoms with Crippen LogP contribution in [-0.4, -0.2) is 47.3 Å². The highest BCUT2D eigenvalue weighted by molar-refractivity contribution is 5.71. The summed E-state index contributed by atoms with van der Waals surface area (Å²) in [6.07, 6.45) is -0.478. The molecule has 0 spiro atoms. The predicted molar refractivity (Wildman–Crippen MR) is 95.8 cm³/mol. The molecule has 0 radical (unpaired) electrons. The highest BCUT2D eigenvalue weighted by Gasteiger charge is 2.32. The highest BCUT2D eigenvalue weighted by Crippen LogP contribution is 2.30. The number of piperazine rings is 1. The van der Waals surface area contributed by atoms with Crippen LogP contribution in [0.1, 0.15) is 5.69 Å². The van der Waals surface area contributed by atoms with Crippen molar-refractivity contribution in [3.63, 3.8) is 0 Å². The molecule has 1 saturated heterocycles. The zero-order valence-electron chi connectivity index (χ0n) is 14.7. The standard InChI is InChI=1S/C18H17F4N5O/c19-13(12-28)11-26-6-8-27(9-7-26)15-2-1-5-23-17(15)25-14-3-4-16(24-10-14)18(20,21)22/h1-5,10-12H,6-9H2,(H,23,25). The molecule has 6 nitrogen and oxygen atoms in total. The number of hydrogen-bond donors (Lipinski definition) is 1. The summed E-state index contributed by atoms with van der Waals surface area (Å²) in [5, 5.41) is 2.99. The van der Waals surface area contributed by atoms with Crippen LogP contribution in [0.4, 0.5) is 34.8 Å². The van der Waals surface area contributed by atoms with Crippen LogP contribution in [0.25, 0.3) is 0 Å². The van der Waals surface area contributed by atoms with E-state index in [0.717, 1.165) is 18.0 Å². The van der Waals surface area contributed by atoms with E-state index in [-0.39, 0.29) is 6.29 Å². The van der Waals surface area contributed by atoms with E-state index < -0.39 is 17.7 Å². The molecule has 148 valence electrons. The van der Waals surface area contributed by atoms with Crippen molar-refractivity contribution in [3.05, 3.63) is 54.4 Å². The first-order chi connectivity index (χ1) is 13.4. The molecular formula is C18H17F4N5O. The summed E-state index contributed by atoms with van der Waals surface area (Å²) in [6, 6.07) is 5.78. The predicted octanol–water partition coefficient (Wildman–Crippen LogP) is 3.37. The Hall–Kier alpha value is -3.17. The fourth-order valence-electron chi connectivity index (χ4n) is 2.82. The van der Waals surface area contributed by atoms with Crippen molar-refractivity contribution in [2.45, 2.75) is 6.18 Å². The third kappa shape index (κ3) is 4.76. The number of halogens is 4. The van der Waals surface area contributed by atoms with Crippen molar-refractivity contribution in [1.29, 1.82) is 0 Å². The molecule has 0 bridgehead atoms. The number of hydrogen-bond acceptors (Lipinski definition) is 6. The lowest BCUT2D eigenvalue weighted by molar-refractivity contribution is -0.141. The fourth-order valence-corrected chi connectivity index (χ4v) is 2.82. The molecule has 2 aromatic rings. The first kappa shape index (κ1) is 19.6. The van der Waals surface area contributed by atoms with Crippen LogP contribution in [0.3, 0.4) is 0 Å². The van der Waals surface area contributed by atoms with Gasteiger partial charge in [-0.15, -0.1) is 0 Å². The van der Waals surface area contributed by atoms with Crippen LogP contribution >= 0.6 is 0 Å². The Bertz CT molecular complexity index is 846. The molecule has 2 aromatic heterocycles. The van der Waals surface area contributed by atoms with Gasteiger partial charge in [0.05, 0.1) is 17.6 Å². The number of aldehydes is 1. The largest absolute Gasteiger partial charge is 0.433 e. The Morgan fingerprint density at radius 2 is 1.86 bits per heavy atom. The molecule has 0 aliphatic carbocycles. The lowest BCUT2D eigenvalue weighted by atomic mass is 10.2. The lowest BCUT2D eigenvalue weighted by Crippen LogP contribution is -2.44. The van der Waals surface area contributed by atoms with Crippen LogP contribution in [0.15, 0.2) is 48.7 Å². The third-order valence-corrected chi connectivity index (χ3v) is 4.18. The number of allylic oxidation sites excluding steroid dienone is 1. The number of carbonyl (C=O) groups excluding carboxylic acids is 1. The molecule has 28 heavy (non-hydrogen) atoms. The second kappa shape index (κ2) is 8.24. The van der Waals surface area contributed by atoms with Crippen molar-refractivity contribution in [2.75, 3.05) is 36.4 Å². The maximum absolute atomic E-state index is 13.1. The summed E-state index contributed by atoms with van der Waals surface area (Å²) in [7, 11) is 0. The third-order valence-electron chi connectivity index (χ3n) is 4.18. The van der Waals surface area contributed by atoms with Gasteiger partial charge in [0.25, 0.3) is 0 Å². The van der Waals surface area contributed by atoms with E-state index in [1.807, 2.05) is 11.0 Å². The smallest absolute Gasteiger partial charge is 0.371 e. The van der Waals surface area contributed by atoms with Gasteiger partial charge < -0.3 is 15.1 Å². The molecule has 10 heteroatoms. The van der Waals surface area contributed by atoms with Crippen molar-refractivity contribution >= 4 is 23.5 Å². The van der Waals surface area contributed by atoms with E-state index in [0.29, 0.717) is 37.7 Å². The Labute approximate surface area is 158 Å². The number of anilines is 3. The second-order valence-corrected chi connectivity index (χ2v) is 6.08. The van der Waals surface area contributed by atoms with Crippen molar-refractivity contribution in [3.8, 4) is 0 Å². The zero-order chi connectivity index (χ0) is 20.1. The number of carbonyl (C=O) groups is 1. The van der Waals surface area contributed by atoms with Crippen LogP contribution in [0.2, 0.25) is 0 Å². The minimum Gasteiger partial charge on any atom is -0.371 e. The van der Waals surface area contributed by atoms with E-state index in [9.17, 15) is 22.4 Å². The topological polar surface area (TPSA) is 61.4 Å². The van der Waals surface area contributed by atoms with Crippen LogP contribution in [0.5, 0.6) is 0 Å². The van der Waals surface area contributed by atoms with E-state index in [1.165, 1.54) is 12.3 Å². The van der Waals surface area contributed by atoms with Gasteiger partial charge in [0, 0.05) is 38.6 Å². The fraction of sp³-hybridized carbons (Fsp3) is 0.278. The summed E-state index contributed by atoms with van der Waals surface area (Å²) < 4.78 is 51.0. The molecule has 1 N–H and O–H groups in total. The van der Waals surface area contributed by atoms with Gasteiger partial charge in [-0.05, 0) is 24.3 Å². The lowest BCUT2D eigenvalue weighted by Gasteiger charge is -2.36. The van der Waals surface area contributed by atoms with Crippen molar-refractivity contribution in [2.24, 2.45) is 0 Å². The molecular weight excluding hydrogens is 378 g/mol. The number of alkyl halides is 3. The van der Waals surface area contributed by atoms with E-state index in [1.54, 1.807) is 17.2 Å². The normalized spacial score (nSPS) is 15.5. The molecule has 3 rings (SSSR count). The molecule has 0 atom stereocenters. The Kier molecular flexibility index (Phi) is 5.76. The van der Waals surface area contributed by atoms with Crippen LogP contribution < -0.4 is 10.2 Å². The molecule has 1 aliphatic rings. The molecule has 0 amide bonds. The minimum absolute atomic E-state index is 0.160. The molecule has 0 aromatic carbocycles. The summed E-state index contributed by atoms with van der Waals surface area (Å²) in [4.78, 5) is 21.8. The van der Waals surface area contributed by atoms with Crippen molar-refractivity contribution < 1.29 is 22.4 Å². The number of aromatic nitrogens is 2. The Balaban J connectivity index is 1.71. The number of nitrogens with one attached hydrogen (secondary N) is 1. The average Bonchev–Trinajstić information content (AvgIpc) is 2.69. The van der Waals surface area contributed by atoms with Gasteiger partial charge in [-0.3, -0.25) is 4.79 Å². The first-order valence-electron chi connectivity index (χ1n) is 8.43. The summed E-state index contributed by atoms with van der Waals surface area (Å²) in [5.41, 5.74) is 0.176. The SMILES string of the molecule is O=CC(F)=CN1CCN(c2cccnc2Nc2ccc(C(F)(F)F)nc2)CC1.